The summed E-state index contributed by atoms with van der Waals surface area (Å²) in [6, 6.07) is 0.462. The number of carbonyl (C=O) groups is 1. The number of likely N-dealkylation sites (N-methyl/N-ethyl adjacent to an activating group) is 1. The summed E-state index contributed by atoms with van der Waals surface area (Å²) in [6.07, 6.45) is 7.31. The number of carbonyl (C=O) groups excluding carboxylic acids is 1. The fraction of sp³-hybridized carbons (Fsp3) is 0.900. The van der Waals surface area contributed by atoms with Crippen LogP contribution in [0.15, 0.2) is 4.99 Å². The zero-order valence-electron chi connectivity index (χ0n) is 17.9. The Morgan fingerprint density at radius 3 is 2.68 bits per heavy atom. The highest BCUT2D eigenvalue weighted by Gasteiger charge is 2.21. The minimum Gasteiger partial charge on any atom is -0.379 e. The lowest BCUT2D eigenvalue weighted by molar-refractivity contribution is -0.127. The van der Waals surface area contributed by atoms with Crippen LogP contribution in [0.2, 0.25) is 0 Å². The maximum Gasteiger partial charge on any atom is 0.243 e. The monoisotopic (exact) mass is 509 g/mol. The van der Waals surface area contributed by atoms with Crippen LogP contribution in [0.4, 0.5) is 0 Å². The second-order valence-electron chi connectivity index (χ2n) is 7.97. The van der Waals surface area contributed by atoms with Gasteiger partial charge in [-0.3, -0.25) is 9.69 Å². The first-order chi connectivity index (χ1) is 13.1. The van der Waals surface area contributed by atoms with E-state index in [4.69, 9.17) is 4.74 Å². The number of nitrogens with one attached hydrogen (secondary N) is 2. The normalized spacial score (nSPS) is 23.6. The third-order valence-electron chi connectivity index (χ3n) is 5.62. The number of nitrogens with zero attached hydrogens (tertiary/aromatic N) is 3. The summed E-state index contributed by atoms with van der Waals surface area (Å²) in [6.45, 7) is 8.14. The van der Waals surface area contributed by atoms with Gasteiger partial charge in [-0.25, -0.2) is 4.99 Å². The standard InChI is InChI=1S/C20H39N5O2.HI/c1-4-17-7-5-8-18(15-17)23-20(22-16-19(26)24(2)3)21-9-6-10-25-11-13-27-14-12-25;/h17-18H,4-16H2,1-3H3,(H2,21,22,23);1H. The van der Waals surface area contributed by atoms with Gasteiger partial charge < -0.3 is 20.3 Å². The molecule has 164 valence electrons. The molecule has 2 rings (SSSR count). The molecule has 8 heteroatoms. The summed E-state index contributed by atoms with van der Waals surface area (Å²) >= 11 is 0. The van der Waals surface area contributed by atoms with Crippen LogP contribution in [0.25, 0.3) is 0 Å². The topological polar surface area (TPSA) is 69.2 Å². The van der Waals surface area contributed by atoms with Crippen LogP contribution in [0.1, 0.15) is 45.4 Å². The Morgan fingerprint density at radius 1 is 1.25 bits per heavy atom. The highest BCUT2D eigenvalue weighted by molar-refractivity contribution is 14.0. The van der Waals surface area contributed by atoms with Gasteiger partial charge in [0.1, 0.15) is 6.54 Å². The second kappa shape index (κ2) is 14.4. The number of morpholine rings is 1. The van der Waals surface area contributed by atoms with Gasteiger partial charge in [0.05, 0.1) is 13.2 Å². The summed E-state index contributed by atoms with van der Waals surface area (Å²) in [7, 11) is 3.54. The average molecular weight is 509 g/mol. The van der Waals surface area contributed by atoms with E-state index in [1.54, 1.807) is 19.0 Å². The number of halogens is 1. The number of hydrogen-bond donors (Lipinski definition) is 2. The van der Waals surface area contributed by atoms with Gasteiger partial charge in [0.2, 0.25) is 5.91 Å². The summed E-state index contributed by atoms with van der Waals surface area (Å²) < 4.78 is 5.40. The van der Waals surface area contributed by atoms with Crippen LogP contribution in [-0.4, -0.2) is 87.7 Å². The van der Waals surface area contributed by atoms with E-state index in [0.29, 0.717) is 6.04 Å². The van der Waals surface area contributed by atoms with E-state index >= 15 is 0 Å². The zero-order valence-corrected chi connectivity index (χ0v) is 20.2. The molecule has 0 aromatic heterocycles. The predicted octanol–water partition coefficient (Wildman–Crippen LogP) is 1.92. The Balaban J connectivity index is 0.00000392. The maximum atomic E-state index is 11.9. The van der Waals surface area contributed by atoms with Crippen molar-refractivity contribution >= 4 is 35.8 Å². The zero-order chi connectivity index (χ0) is 19.5. The first-order valence-electron chi connectivity index (χ1n) is 10.6. The van der Waals surface area contributed by atoms with Crippen molar-refractivity contribution in [2.45, 2.75) is 51.5 Å². The van der Waals surface area contributed by atoms with Crippen molar-refractivity contribution in [1.82, 2.24) is 20.4 Å². The van der Waals surface area contributed by atoms with Gasteiger partial charge in [-0.05, 0) is 31.7 Å². The second-order valence-corrected chi connectivity index (χ2v) is 7.97. The van der Waals surface area contributed by atoms with E-state index in [2.05, 4.69) is 27.4 Å². The lowest BCUT2D eigenvalue weighted by Crippen LogP contribution is -2.46. The van der Waals surface area contributed by atoms with Crippen LogP contribution in [0.5, 0.6) is 0 Å². The van der Waals surface area contributed by atoms with Crippen molar-refractivity contribution in [2.75, 3.05) is 60.0 Å². The van der Waals surface area contributed by atoms with Crippen molar-refractivity contribution in [3.63, 3.8) is 0 Å². The molecule has 1 aliphatic heterocycles. The van der Waals surface area contributed by atoms with E-state index in [9.17, 15) is 4.79 Å². The Labute approximate surface area is 188 Å². The molecule has 2 N–H and O–H groups in total. The number of guanidine groups is 1. The molecule has 1 heterocycles. The summed E-state index contributed by atoms with van der Waals surface area (Å²) in [5, 5.41) is 7.03. The van der Waals surface area contributed by atoms with Crippen LogP contribution >= 0.6 is 24.0 Å². The molecular weight excluding hydrogens is 469 g/mol. The van der Waals surface area contributed by atoms with Crippen LogP contribution in [-0.2, 0) is 9.53 Å². The van der Waals surface area contributed by atoms with Crippen molar-refractivity contribution in [1.29, 1.82) is 0 Å². The Hall–Kier alpha value is -0.610. The van der Waals surface area contributed by atoms with Gasteiger partial charge in [0.15, 0.2) is 5.96 Å². The maximum absolute atomic E-state index is 11.9. The molecule has 0 aromatic rings. The van der Waals surface area contributed by atoms with E-state index < -0.39 is 0 Å². The van der Waals surface area contributed by atoms with Crippen LogP contribution in [0, 0.1) is 5.92 Å². The third kappa shape index (κ3) is 9.73. The molecule has 2 fully saturated rings. The van der Waals surface area contributed by atoms with Gasteiger partial charge >= 0.3 is 0 Å². The van der Waals surface area contributed by atoms with E-state index in [1.807, 2.05) is 0 Å². The molecular formula is C20H40IN5O2. The highest BCUT2D eigenvalue weighted by Crippen LogP contribution is 2.26. The summed E-state index contributed by atoms with van der Waals surface area (Å²) in [5.74, 6) is 1.62. The lowest BCUT2D eigenvalue weighted by atomic mass is 9.84. The molecule has 1 saturated heterocycles. The fourth-order valence-electron chi connectivity index (χ4n) is 3.76. The van der Waals surface area contributed by atoms with Crippen molar-refractivity contribution in [2.24, 2.45) is 10.9 Å². The van der Waals surface area contributed by atoms with Gasteiger partial charge in [-0.1, -0.05) is 26.2 Å². The minimum absolute atomic E-state index is 0. The molecule has 7 nitrogen and oxygen atoms in total. The van der Waals surface area contributed by atoms with E-state index in [0.717, 1.165) is 57.7 Å². The van der Waals surface area contributed by atoms with Gasteiger partial charge in [0, 0.05) is 39.8 Å². The van der Waals surface area contributed by atoms with Gasteiger partial charge in [-0.2, -0.15) is 0 Å². The molecule has 0 spiro atoms. The molecule has 2 aliphatic rings. The number of amides is 1. The molecule has 1 saturated carbocycles. The van der Waals surface area contributed by atoms with Crippen molar-refractivity contribution in [3.05, 3.63) is 0 Å². The van der Waals surface area contributed by atoms with Gasteiger partial charge in [-0.15, -0.1) is 24.0 Å². The molecule has 1 amide bonds. The predicted molar refractivity (Wildman–Crippen MR) is 125 cm³/mol. The van der Waals surface area contributed by atoms with Crippen LogP contribution < -0.4 is 10.6 Å². The molecule has 28 heavy (non-hydrogen) atoms. The Kier molecular flexibility index (Phi) is 13.1. The first kappa shape index (κ1) is 25.4. The first-order valence-corrected chi connectivity index (χ1v) is 10.6. The van der Waals surface area contributed by atoms with E-state index in [1.165, 1.54) is 32.1 Å². The molecule has 0 radical (unpaired) electrons. The number of rotatable bonds is 8. The smallest absolute Gasteiger partial charge is 0.243 e. The summed E-state index contributed by atoms with van der Waals surface area (Å²) in [5.41, 5.74) is 0. The molecule has 0 bridgehead atoms. The molecule has 0 aromatic carbocycles. The number of hydrogen-bond acceptors (Lipinski definition) is 4. The largest absolute Gasteiger partial charge is 0.379 e. The molecule has 2 unspecified atom stereocenters. The van der Waals surface area contributed by atoms with Crippen LogP contribution in [0.3, 0.4) is 0 Å². The average Bonchev–Trinajstić information content (AvgIpc) is 2.69. The number of ether oxygens (including phenoxy) is 1. The highest BCUT2D eigenvalue weighted by atomic mass is 127. The SMILES string of the molecule is CCC1CCCC(NC(=NCC(=O)N(C)C)NCCCN2CCOCC2)C1.I. The fourth-order valence-corrected chi connectivity index (χ4v) is 3.76. The quantitative estimate of drug-likeness (QED) is 0.227. The third-order valence-corrected chi connectivity index (χ3v) is 5.62. The Morgan fingerprint density at radius 2 is 2.00 bits per heavy atom. The van der Waals surface area contributed by atoms with E-state index in [-0.39, 0.29) is 36.4 Å². The minimum atomic E-state index is 0. The van der Waals surface area contributed by atoms with Crippen molar-refractivity contribution in [3.8, 4) is 0 Å². The van der Waals surface area contributed by atoms with Gasteiger partial charge in [0.25, 0.3) is 0 Å². The Bertz CT molecular complexity index is 470. The number of aliphatic imine (C=N–C) groups is 1. The van der Waals surface area contributed by atoms with Crippen molar-refractivity contribution < 1.29 is 9.53 Å². The molecule has 1 aliphatic carbocycles. The lowest BCUT2D eigenvalue weighted by Gasteiger charge is -2.30. The molecule has 2 atom stereocenters. The summed E-state index contributed by atoms with van der Waals surface area (Å²) in [4.78, 5) is 20.5.